The first-order valence-corrected chi connectivity index (χ1v) is 13.9. The maximum absolute atomic E-state index is 14.0. The van der Waals surface area contributed by atoms with Crippen LogP contribution in [0.1, 0.15) is 75.3 Å². The fourth-order valence-electron chi connectivity index (χ4n) is 4.30. The first kappa shape index (κ1) is 31.2. The highest BCUT2D eigenvalue weighted by Crippen LogP contribution is 2.29. The standard InChI is InChI=1S/C30H43N3O4S/c1-7-8-12-18-33(28(35)24(20-38)32-29(36)37-30(4,5)6)26(25-21(2)14-13-15-22(25)3)27(34)31-19-23-16-10-9-11-17-23/h9-11,13-17,24,26,38H,7-8,12,18-20H2,1-6H3,(H,31,34)(H,32,36). The van der Waals surface area contributed by atoms with Crippen molar-refractivity contribution in [2.24, 2.45) is 0 Å². The number of nitrogens with zero attached hydrogens (tertiary/aromatic N) is 1. The van der Waals surface area contributed by atoms with Gasteiger partial charge in [-0.15, -0.1) is 0 Å². The molecule has 2 N–H and O–H groups in total. The largest absolute Gasteiger partial charge is 0.444 e. The molecule has 2 aromatic carbocycles. The van der Waals surface area contributed by atoms with Crippen LogP contribution < -0.4 is 10.6 Å². The summed E-state index contributed by atoms with van der Waals surface area (Å²) in [5.74, 6) is -0.580. The Hall–Kier alpha value is -3.00. The van der Waals surface area contributed by atoms with E-state index in [4.69, 9.17) is 4.74 Å². The van der Waals surface area contributed by atoms with E-state index in [1.54, 1.807) is 25.7 Å². The number of hydrogen-bond donors (Lipinski definition) is 3. The van der Waals surface area contributed by atoms with E-state index >= 15 is 0 Å². The lowest BCUT2D eigenvalue weighted by atomic mass is 9.93. The minimum Gasteiger partial charge on any atom is -0.444 e. The second kappa shape index (κ2) is 14.8. The summed E-state index contributed by atoms with van der Waals surface area (Å²) in [5.41, 5.74) is 2.87. The average molecular weight is 542 g/mol. The van der Waals surface area contributed by atoms with Crippen LogP contribution in [0.5, 0.6) is 0 Å². The van der Waals surface area contributed by atoms with Gasteiger partial charge in [-0.2, -0.15) is 12.6 Å². The van der Waals surface area contributed by atoms with Crippen molar-refractivity contribution in [1.82, 2.24) is 15.5 Å². The molecule has 208 valence electrons. The highest BCUT2D eigenvalue weighted by Gasteiger charge is 2.36. The van der Waals surface area contributed by atoms with E-state index in [9.17, 15) is 14.4 Å². The zero-order valence-electron chi connectivity index (χ0n) is 23.5. The van der Waals surface area contributed by atoms with Gasteiger partial charge >= 0.3 is 6.09 Å². The van der Waals surface area contributed by atoms with Crippen LogP contribution in [-0.2, 0) is 20.9 Å². The Morgan fingerprint density at radius 3 is 2.16 bits per heavy atom. The summed E-state index contributed by atoms with van der Waals surface area (Å²) >= 11 is 4.36. The summed E-state index contributed by atoms with van der Waals surface area (Å²) < 4.78 is 5.38. The molecule has 0 aliphatic heterocycles. The molecule has 0 heterocycles. The summed E-state index contributed by atoms with van der Waals surface area (Å²) in [5, 5.41) is 5.71. The number of alkyl carbamates (subject to hydrolysis) is 1. The first-order valence-electron chi connectivity index (χ1n) is 13.3. The average Bonchev–Trinajstić information content (AvgIpc) is 2.86. The van der Waals surface area contributed by atoms with Gasteiger partial charge in [0.15, 0.2) is 0 Å². The SMILES string of the molecule is CCCCCN(C(=O)C(CS)NC(=O)OC(C)(C)C)C(C(=O)NCc1ccccc1)c1c(C)cccc1C. The van der Waals surface area contributed by atoms with Gasteiger partial charge in [-0.1, -0.05) is 68.3 Å². The van der Waals surface area contributed by atoms with Crippen LogP contribution in [-0.4, -0.2) is 46.7 Å². The molecule has 38 heavy (non-hydrogen) atoms. The summed E-state index contributed by atoms with van der Waals surface area (Å²) in [7, 11) is 0. The first-order chi connectivity index (χ1) is 18.0. The summed E-state index contributed by atoms with van der Waals surface area (Å²) in [6.45, 7) is 12.0. The van der Waals surface area contributed by atoms with Crippen molar-refractivity contribution in [3.05, 3.63) is 70.8 Å². The number of ether oxygens (including phenoxy) is 1. The molecule has 0 saturated carbocycles. The summed E-state index contributed by atoms with van der Waals surface area (Å²) in [4.78, 5) is 42.0. The number of hydrogen-bond acceptors (Lipinski definition) is 5. The van der Waals surface area contributed by atoms with Gasteiger partial charge in [-0.3, -0.25) is 9.59 Å². The fourth-order valence-corrected chi connectivity index (χ4v) is 4.55. The van der Waals surface area contributed by atoms with Crippen LogP contribution in [0.25, 0.3) is 0 Å². The number of amides is 3. The Morgan fingerprint density at radius 2 is 1.61 bits per heavy atom. The van der Waals surface area contributed by atoms with Crippen molar-refractivity contribution in [2.45, 2.75) is 85.0 Å². The van der Waals surface area contributed by atoms with Gasteiger partial charge in [-0.25, -0.2) is 4.79 Å². The third kappa shape index (κ3) is 9.39. The Balaban J connectivity index is 2.47. The number of thiol groups is 1. The van der Waals surface area contributed by atoms with E-state index in [2.05, 4.69) is 30.2 Å². The molecule has 0 radical (unpaired) electrons. The lowest BCUT2D eigenvalue weighted by molar-refractivity contribution is -0.142. The molecule has 0 spiro atoms. The van der Waals surface area contributed by atoms with Gasteiger partial charge in [0.1, 0.15) is 17.7 Å². The lowest BCUT2D eigenvalue weighted by Crippen LogP contribution is -2.54. The summed E-state index contributed by atoms with van der Waals surface area (Å²) in [6.07, 6.45) is 1.89. The molecule has 2 atom stereocenters. The van der Waals surface area contributed by atoms with Crippen LogP contribution >= 0.6 is 12.6 Å². The second-order valence-corrected chi connectivity index (χ2v) is 10.9. The molecule has 2 unspecified atom stereocenters. The molecule has 0 bridgehead atoms. The van der Waals surface area contributed by atoms with E-state index < -0.39 is 23.8 Å². The number of rotatable bonds is 12. The second-order valence-electron chi connectivity index (χ2n) is 10.5. The molecule has 0 aliphatic carbocycles. The zero-order chi connectivity index (χ0) is 28.3. The van der Waals surface area contributed by atoms with Crippen molar-refractivity contribution in [2.75, 3.05) is 12.3 Å². The molecular weight excluding hydrogens is 498 g/mol. The van der Waals surface area contributed by atoms with Gasteiger partial charge < -0.3 is 20.3 Å². The van der Waals surface area contributed by atoms with Crippen LogP contribution in [0.15, 0.2) is 48.5 Å². The van der Waals surface area contributed by atoms with Crippen LogP contribution in [0, 0.1) is 13.8 Å². The molecule has 8 heteroatoms. The molecule has 0 aliphatic rings. The van der Waals surface area contributed by atoms with Gasteiger partial charge in [0, 0.05) is 18.8 Å². The zero-order valence-corrected chi connectivity index (χ0v) is 24.4. The Bertz CT molecular complexity index is 1050. The van der Waals surface area contributed by atoms with E-state index in [0.717, 1.165) is 41.5 Å². The fraction of sp³-hybridized carbons (Fsp3) is 0.500. The molecule has 3 amide bonds. The predicted molar refractivity (Wildman–Crippen MR) is 155 cm³/mol. The topological polar surface area (TPSA) is 87.7 Å². The highest BCUT2D eigenvalue weighted by atomic mass is 32.1. The third-order valence-corrected chi connectivity index (χ3v) is 6.51. The van der Waals surface area contributed by atoms with Crippen molar-refractivity contribution in [1.29, 1.82) is 0 Å². The Kier molecular flexibility index (Phi) is 12.2. The molecule has 2 aromatic rings. The molecule has 7 nitrogen and oxygen atoms in total. The van der Waals surface area contributed by atoms with Crippen LogP contribution in [0.2, 0.25) is 0 Å². The number of nitrogens with one attached hydrogen (secondary N) is 2. The molecule has 2 rings (SSSR count). The minimum absolute atomic E-state index is 0.0630. The maximum atomic E-state index is 14.0. The van der Waals surface area contributed by atoms with Gasteiger partial charge in [0.05, 0.1) is 0 Å². The normalized spacial score (nSPS) is 12.8. The smallest absolute Gasteiger partial charge is 0.408 e. The lowest BCUT2D eigenvalue weighted by Gasteiger charge is -2.35. The van der Waals surface area contributed by atoms with Crippen molar-refractivity contribution < 1.29 is 19.1 Å². The van der Waals surface area contributed by atoms with E-state index in [1.807, 2.05) is 62.4 Å². The number of carbonyl (C=O) groups excluding carboxylic acids is 3. The maximum Gasteiger partial charge on any atom is 0.408 e. The molecule has 0 saturated heterocycles. The number of unbranched alkanes of at least 4 members (excludes halogenated alkanes) is 2. The van der Waals surface area contributed by atoms with Crippen LogP contribution in [0.4, 0.5) is 4.79 Å². The van der Waals surface area contributed by atoms with Gasteiger partial charge in [0.25, 0.3) is 0 Å². The highest BCUT2D eigenvalue weighted by molar-refractivity contribution is 7.80. The monoisotopic (exact) mass is 541 g/mol. The quantitative estimate of drug-likeness (QED) is 0.245. The molecule has 0 aromatic heterocycles. The Labute approximate surface area is 233 Å². The number of benzene rings is 2. The predicted octanol–water partition coefficient (Wildman–Crippen LogP) is 5.50. The van der Waals surface area contributed by atoms with E-state index in [0.29, 0.717) is 13.1 Å². The van der Waals surface area contributed by atoms with Crippen molar-refractivity contribution >= 4 is 30.5 Å². The van der Waals surface area contributed by atoms with E-state index in [-0.39, 0.29) is 17.6 Å². The number of carbonyl (C=O) groups is 3. The minimum atomic E-state index is -0.955. The van der Waals surface area contributed by atoms with Gasteiger partial charge in [0.2, 0.25) is 11.8 Å². The Morgan fingerprint density at radius 1 is 0.974 bits per heavy atom. The van der Waals surface area contributed by atoms with Crippen molar-refractivity contribution in [3.63, 3.8) is 0 Å². The van der Waals surface area contributed by atoms with Gasteiger partial charge in [-0.05, 0) is 63.3 Å². The third-order valence-electron chi connectivity index (χ3n) is 6.14. The molecular formula is C30H43N3O4S. The van der Waals surface area contributed by atoms with Crippen LogP contribution in [0.3, 0.4) is 0 Å². The van der Waals surface area contributed by atoms with E-state index in [1.165, 1.54) is 0 Å². The molecule has 0 fully saturated rings. The summed E-state index contributed by atoms with van der Waals surface area (Å²) in [6, 6.07) is 13.7. The van der Waals surface area contributed by atoms with Crippen molar-refractivity contribution in [3.8, 4) is 0 Å². The number of aryl methyl sites for hydroxylation is 2.